The predicted octanol–water partition coefficient (Wildman–Crippen LogP) is 4.87. The van der Waals surface area contributed by atoms with Crippen molar-refractivity contribution < 1.29 is 18.6 Å². The van der Waals surface area contributed by atoms with Gasteiger partial charge in [0.15, 0.2) is 17.4 Å². The maximum Gasteiger partial charge on any atom is 0.190 e. The lowest BCUT2D eigenvalue weighted by molar-refractivity contribution is 0.0384. The van der Waals surface area contributed by atoms with Crippen LogP contribution in [0.2, 0.25) is 0 Å². The highest BCUT2D eigenvalue weighted by molar-refractivity contribution is 9.10. The largest absolute Gasteiger partial charge is 0.485 e. The second kappa shape index (κ2) is 11.2. The van der Waals surface area contributed by atoms with Gasteiger partial charge in [-0.2, -0.15) is 0 Å². The number of halogens is 3. The Balaban J connectivity index is 1.33. The van der Waals surface area contributed by atoms with Gasteiger partial charge in [0, 0.05) is 37.2 Å². The van der Waals surface area contributed by atoms with E-state index in [4.69, 9.17) is 4.74 Å². The van der Waals surface area contributed by atoms with Gasteiger partial charge in [-0.15, -0.1) is 0 Å². The minimum Gasteiger partial charge on any atom is -0.485 e. The molecule has 3 aromatic rings. The maximum atomic E-state index is 13.9. The number of ether oxygens (including phenoxy) is 1. The van der Waals surface area contributed by atoms with Gasteiger partial charge in [0.2, 0.25) is 0 Å². The lowest BCUT2D eigenvalue weighted by atomic mass is 9.96. The van der Waals surface area contributed by atoms with Crippen LogP contribution in [0.15, 0.2) is 77.3 Å². The fraction of sp³-hybridized carbons (Fsp3) is 0.308. The summed E-state index contributed by atoms with van der Waals surface area (Å²) in [5.41, 5.74) is 2.51. The number of β-amino-alcohol motifs (C(OH)–C–C–N with tert-alkyl or cyclic N) is 1. The number of rotatable bonds is 8. The van der Waals surface area contributed by atoms with Crippen LogP contribution in [0.25, 0.3) is 0 Å². The summed E-state index contributed by atoms with van der Waals surface area (Å²) in [6, 6.07) is 23.4. The molecule has 3 aromatic carbocycles. The summed E-state index contributed by atoms with van der Waals surface area (Å²) >= 11 is 3.04. The molecule has 1 N–H and O–H groups in total. The van der Waals surface area contributed by atoms with Crippen LogP contribution in [0.1, 0.15) is 17.2 Å². The number of hydrogen-bond donors (Lipinski definition) is 1. The molecule has 4 nitrogen and oxygen atoms in total. The van der Waals surface area contributed by atoms with Crippen molar-refractivity contribution in [2.45, 2.75) is 12.1 Å². The highest BCUT2D eigenvalue weighted by Gasteiger charge is 2.27. The van der Waals surface area contributed by atoms with Gasteiger partial charge in [-0.05, 0) is 23.3 Å². The number of hydrogen-bond acceptors (Lipinski definition) is 4. The van der Waals surface area contributed by atoms with Gasteiger partial charge in [-0.25, -0.2) is 8.78 Å². The smallest absolute Gasteiger partial charge is 0.190 e. The normalized spacial score (nSPS) is 16.2. The Kier molecular flexibility index (Phi) is 8.09. The van der Waals surface area contributed by atoms with E-state index in [1.807, 2.05) is 12.1 Å². The molecule has 0 saturated carbocycles. The van der Waals surface area contributed by atoms with Gasteiger partial charge in [0.1, 0.15) is 12.7 Å². The van der Waals surface area contributed by atoms with E-state index in [-0.39, 0.29) is 12.6 Å². The standard InChI is InChI=1S/C26H27BrF2N2O2/c27-21-15-23(28)26(24(29)16-21)33-18-22(32)17-30-11-13-31(14-12-30)25(19-7-3-1-4-8-19)20-9-5-2-6-10-20/h1-10,15-16,22,25,32H,11-14,17-18H2/t22-/m1/s1. The molecule has 0 bridgehead atoms. The SMILES string of the molecule is O[C@@H](COc1c(F)cc(Br)cc1F)CN1CCN(C(c2ccccc2)c2ccccc2)CC1. The molecule has 0 radical (unpaired) electrons. The Bertz CT molecular complexity index is 968. The molecule has 4 rings (SSSR count). The first kappa shape index (κ1) is 23.8. The molecular weight excluding hydrogens is 490 g/mol. The topological polar surface area (TPSA) is 35.9 Å². The first-order valence-electron chi connectivity index (χ1n) is 11.0. The van der Waals surface area contributed by atoms with Crippen molar-refractivity contribution in [1.82, 2.24) is 9.80 Å². The molecule has 1 saturated heterocycles. The molecule has 0 amide bonds. The number of piperazine rings is 1. The fourth-order valence-electron chi connectivity index (χ4n) is 4.29. The Morgan fingerprint density at radius 2 is 1.36 bits per heavy atom. The number of aliphatic hydroxyl groups excluding tert-OH is 1. The number of aliphatic hydroxyl groups is 1. The molecule has 1 atom stereocenters. The van der Waals surface area contributed by atoms with Gasteiger partial charge in [-0.3, -0.25) is 9.80 Å². The van der Waals surface area contributed by atoms with Gasteiger partial charge in [0.25, 0.3) is 0 Å². The van der Waals surface area contributed by atoms with E-state index in [1.54, 1.807) is 0 Å². The van der Waals surface area contributed by atoms with Crippen molar-refractivity contribution in [3.63, 3.8) is 0 Å². The highest BCUT2D eigenvalue weighted by atomic mass is 79.9. The molecule has 33 heavy (non-hydrogen) atoms. The van der Waals surface area contributed by atoms with Crippen molar-refractivity contribution in [1.29, 1.82) is 0 Å². The molecule has 0 unspecified atom stereocenters. The lowest BCUT2D eigenvalue weighted by Crippen LogP contribution is -2.50. The minimum absolute atomic E-state index is 0.172. The minimum atomic E-state index is -0.849. The summed E-state index contributed by atoms with van der Waals surface area (Å²) in [5.74, 6) is -2.05. The summed E-state index contributed by atoms with van der Waals surface area (Å²) in [5, 5.41) is 10.4. The second-order valence-corrected chi connectivity index (χ2v) is 9.14. The third-order valence-corrected chi connectivity index (χ3v) is 6.31. The molecule has 1 heterocycles. The lowest BCUT2D eigenvalue weighted by Gasteiger charge is -2.40. The molecule has 0 spiro atoms. The van der Waals surface area contributed by atoms with E-state index >= 15 is 0 Å². The Labute approximate surface area is 201 Å². The van der Waals surface area contributed by atoms with Gasteiger partial charge in [-0.1, -0.05) is 76.6 Å². The van der Waals surface area contributed by atoms with Crippen molar-refractivity contribution in [3.05, 3.63) is 100 Å². The van der Waals surface area contributed by atoms with Crippen LogP contribution < -0.4 is 4.74 Å². The average Bonchev–Trinajstić information content (AvgIpc) is 2.81. The molecule has 7 heteroatoms. The molecule has 1 aliphatic rings. The van der Waals surface area contributed by atoms with Crippen LogP contribution >= 0.6 is 15.9 Å². The second-order valence-electron chi connectivity index (χ2n) is 8.22. The zero-order valence-electron chi connectivity index (χ0n) is 18.2. The Morgan fingerprint density at radius 1 is 0.848 bits per heavy atom. The fourth-order valence-corrected chi connectivity index (χ4v) is 4.69. The maximum absolute atomic E-state index is 13.9. The number of benzene rings is 3. The third kappa shape index (κ3) is 6.18. The van der Waals surface area contributed by atoms with E-state index in [1.165, 1.54) is 11.1 Å². The van der Waals surface area contributed by atoms with Crippen molar-refractivity contribution in [3.8, 4) is 5.75 Å². The highest BCUT2D eigenvalue weighted by Crippen LogP contribution is 2.29. The molecular formula is C26H27BrF2N2O2. The van der Waals surface area contributed by atoms with Gasteiger partial charge in [0.05, 0.1) is 6.04 Å². The monoisotopic (exact) mass is 516 g/mol. The molecule has 174 valence electrons. The number of nitrogens with zero attached hydrogens (tertiary/aromatic N) is 2. The van der Waals surface area contributed by atoms with E-state index in [9.17, 15) is 13.9 Å². The van der Waals surface area contributed by atoms with Gasteiger partial charge >= 0.3 is 0 Å². The van der Waals surface area contributed by atoms with Crippen LogP contribution in [-0.4, -0.2) is 60.3 Å². The summed E-state index contributed by atoms with van der Waals surface area (Å²) in [6.45, 7) is 3.47. The zero-order chi connectivity index (χ0) is 23.2. The summed E-state index contributed by atoms with van der Waals surface area (Å²) in [4.78, 5) is 4.61. The van der Waals surface area contributed by atoms with Crippen molar-refractivity contribution in [2.75, 3.05) is 39.3 Å². The van der Waals surface area contributed by atoms with Crippen molar-refractivity contribution >= 4 is 15.9 Å². The van der Waals surface area contributed by atoms with E-state index in [0.29, 0.717) is 11.0 Å². The van der Waals surface area contributed by atoms with Gasteiger partial charge < -0.3 is 9.84 Å². The molecule has 1 aliphatic heterocycles. The molecule has 0 aromatic heterocycles. The van der Waals surface area contributed by atoms with Crippen LogP contribution in [0.3, 0.4) is 0 Å². The average molecular weight is 517 g/mol. The van der Waals surface area contributed by atoms with E-state index < -0.39 is 23.5 Å². The predicted molar refractivity (Wildman–Crippen MR) is 128 cm³/mol. The summed E-state index contributed by atoms with van der Waals surface area (Å²) in [6.07, 6.45) is -0.849. The van der Waals surface area contributed by atoms with E-state index in [2.05, 4.69) is 74.3 Å². The zero-order valence-corrected chi connectivity index (χ0v) is 19.8. The third-order valence-electron chi connectivity index (χ3n) is 5.85. The van der Waals surface area contributed by atoms with Crippen LogP contribution in [0.5, 0.6) is 5.75 Å². The van der Waals surface area contributed by atoms with E-state index in [0.717, 1.165) is 38.3 Å². The summed E-state index contributed by atoms with van der Waals surface area (Å²) < 4.78 is 33.4. The van der Waals surface area contributed by atoms with Crippen LogP contribution in [0.4, 0.5) is 8.78 Å². The Morgan fingerprint density at radius 3 is 1.88 bits per heavy atom. The molecule has 1 fully saturated rings. The van der Waals surface area contributed by atoms with Crippen molar-refractivity contribution in [2.24, 2.45) is 0 Å². The first-order valence-corrected chi connectivity index (χ1v) is 11.8. The first-order chi connectivity index (χ1) is 16.0. The summed E-state index contributed by atoms with van der Waals surface area (Å²) in [7, 11) is 0. The van der Waals surface area contributed by atoms with Crippen LogP contribution in [-0.2, 0) is 0 Å². The molecule has 0 aliphatic carbocycles. The Hall–Kier alpha value is -2.32. The quantitative estimate of drug-likeness (QED) is 0.463. The van der Waals surface area contributed by atoms with Crippen LogP contribution in [0, 0.1) is 11.6 Å².